The van der Waals surface area contributed by atoms with Crippen molar-refractivity contribution >= 4 is 45.5 Å². The van der Waals surface area contributed by atoms with Gasteiger partial charge < -0.3 is 10.2 Å². The number of hydrogen-bond acceptors (Lipinski definition) is 7. The van der Waals surface area contributed by atoms with Crippen molar-refractivity contribution in [2.45, 2.75) is 29.8 Å². The fraction of sp³-hybridized carbons (Fsp3) is 0.300. The second-order valence-electron chi connectivity index (χ2n) is 7.36. The molecule has 2 aromatic rings. The summed E-state index contributed by atoms with van der Waals surface area (Å²) in [6.45, 7) is 0.258. The molecule has 1 aromatic carbocycles. The summed E-state index contributed by atoms with van der Waals surface area (Å²) in [7, 11) is -4.60. The van der Waals surface area contributed by atoms with Crippen LogP contribution in [0.1, 0.15) is 12.1 Å². The minimum Gasteiger partial charge on any atom is -0.328 e. The number of likely N-dealkylation sites (tertiary alicyclic amines) is 1. The Morgan fingerprint density at radius 3 is 2.59 bits per heavy atom. The van der Waals surface area contributed by atoms with Crippen LogP contribution >= 0.6 is 11.8 Å². The van der Waals surface area contributed by atoms with E-state index >= 15 is 0 Å². The second-order valence-corrected chi connectivity index (χ2v) is 9.70. The lowest BCUT2D eigenvalue weighted by atomic mass is 10.0. The zero-order valence-corrected chi connectivity index (χ0v) is 18.4. The maximum Gasteiger partial charge on any atom is 0.362 e. The van der Waals surface area contributed by atoms with Crippen molar-refractivity contribution in [2.75, 3.05) is 17.6 Å². The van der Waals surface area contributed by atoms with E-state index in [2.05, 4.69) is 10.3 Å². The average molecular weight is 477 g/mol. The Bertz CT molecular complexity index is 1140. The maximum atomic E-state index is 12.6. The van der Waals surface area contributed by atoms with Crippen molar-refractivity contribution in [1.82, 2.24) is 14.2 Å². The predicted molar refractivity (Wildman–Crippen MR) is 116 cm³/mol. The molecule has 2 fully saturated rings. The Kier molecular flexibility index (Phi) is 6.17. The number of β-lactam (4-membered cyclic amide) rings is 1. The van der Waals surface area contributed by atoms with Crippen molar-refractivity contribution in [2.24, 2.45) is 0 Å². The van der Waals surface area contributed by atoms with Crippen molar-refractivity contribution < 1.29 is 27.4 Å². The molecule has 4 rings (SSSR count). The van der Waals surface area contributed by atoms with E-state index < -0.39 is 28.3 Å². The van der Waals surface area contributed by atoms with Gasteiger partial charge in [-0.2, -0.15) is 8.42 Å². The summed E-state index contributed by atoms with van der Waals surface area (Å²) in [5.41, 5.74) is 1.29. The molecular formula is C20H20N4O6S2. The molecule has 10 nitrogen and oxygen atoms in total. The quantitative estimate of drug-likeness (QED) is 0.343. The molecule has 2 atom stereocenters. The Hall–Kier alpha value is -2.96. The van der Waals surface area contributed by atoms with Crippen molar-refractivity contribution in [3.63, 3.8) is 0 Å². The predicted octanol–water partition coefficient (Wildman–Crippen LogP) is 0.969. The number of amides is 3. The molecule has 0 radical (unpaired) electrons. The SMILES string of the molecule is O=C(Cc1ccccn1)Nc1ccc(SCC(=O)N2CCC3[C@H]2C(=O)N3S(=O)(=O)O)cc1. The van der Waals surface area contributed by atoms with E-state index in [4.69, 9.17) is 4.55 Å². The first-order valence-corrected chi connectivity index (χ1v) is 12.1. The summed E-state index contributed by atoms with van der Waals surface area (Å²) in [5.74, 6) is -1.17. The number of benzene rings is 1. The van der Waals surface area contributed by atoms with Crippen LogP contribution in [0.25, 0.3) is 0 Å². The number of pyridine rings is 1. The third-order valence-electron chi connectivity index (χ3n) is 5.27. The molecule has 2 saturated heterocycles. The fourth-order valence-corrected chi connectivity index (χ4v) is 5.51. The zero-order valence-electron chi connectivity index (χ0n) is 16.7. The van der Waals surface area contributed by atoms with E-state index in [1.54, 1.807) is 42.6 Å². The highest BCUT2D eigenvalue weighted by Crippen LogP contribution is 2.36. The van der Waals surface area contributed by atoms with Gasteiger partial charge in [0, 0.05) is 29.0 Å². The molecule has 2 aliphatic heterocycles. The third kappa shape index (κ3) is 4.61. The molecule has 1 aromatic heterocycles. The summed E-state index contributed by atoms with van der Waals surface area (Å²) in [5, 5.41) is 2.79. The number of rotatable bonds is 7. The molecule has 2 aliphatic rings. The monoisotopic (exact) mass is 476 g/mol. The number of nitrogens with zero attached hydrogens (tertiary/aromatic N) is 3. The molecular weight excluding hydrogens is 456 g/mol. The molecule has 0 spiro atoms. The van der Waals surface area contributed by atoms with Gasteiger partial charge in [-0.1, -0.05) is 6.07 Å². The standard InChI is InChI=1S/C20H20N4O6S2/c25-17(11-14-3-1-2-9-21-14)22-13-4-6-15(7-5-13)31-12-18(26)23-10-8-16-19(23)20(27)24(16)32(28,29)30/h1-7,9,16,19H,8,10-12H2,(H,22,25)(H,28,29,30)/t16?,19-/m0/s1. The highest BCUT2D eigenvalue weighted by Gasteiger charge is 2.59. The number of anilines is 1. The van der Waals surface area contributed by atoms with Crippen LogP contribution in [-0.2, 0) is 31.1 Å². The average Bonchev–Trinajstić information content (AvgIpc) is 3.11. The molecule has 0 saturated carbocycles. The lowest BCUT2D eigenvalue weighted by Crippen LogP contribution is -2.68. The first kappa shape index (κ1) is 22.2. The van der Waals surface area contributed by atoms with Gasteiger partial charge in [0.1, 0.15) is 6.04 Å². The Morgan fingerprint density at radius 1 is 1.19 bits per heavy atom. The molecule has 0 bridgehead atoms. The summed E-state index contributed by atoms with van der Waals surface area (Å²) in [6.07, 6.45) is 2.10. The molecule has 3 heterocycles. The number of nitrogens with one attached hydrogen (secondary N) is 1. The van der Waals surface area contributed by atoms with Crippen molar-refractivity contribution in [3.05, 3.63) is 54.4 Å². The van der Waals surface area contributed by atoms with Crippen LogP contribution in [0.3, 0.4) is 0 Å². The topological polar surface area (TPSA) is 137 Å². The third-order valence-corrected chi connectivity index (χ3v) is 7.22. The normalized spacial score (nSPS) is 20.0. The smallest absolute Gasteiger partial charge is 0.328 e. The van der Waals surface area contributed by atoms with Crippen LogP contribution in [0.2, 0.25) is 0 Å². The van der Waals surface area contributed by atoms with Crippen LogP contribution in [0.5, 0.6) is 0 Å². The van der Waals surface area contributed by atoms with Crippen LogP contribution in [0, 0.1) is 0 Å². The van der Waals surface area contributed by atoms with E-state index in [-0.39, 0.29) is 30.5 Å². The van der Waals surface area contributed by atoms with E-state index in [1.807, 2.05) is 6.07 Å². The number of aromatic nitrogens is 1. The van der Waals surface area contributed by atoms with Gasteiger partial charge in [0.15, 0.2) is 0 Å². The molecule has 0 aliphatic carbocycles. The molecule has 2 N–H and O–H groups in total. The first-order chi connectivity index (χ1) is 15.2. The van der Waals surface area contributed by atoms with Gasteiger partial charge in [-0.15, -0.1) is 11.8 Å². The van der Waals surface area contributed by atoms with Crippen molar-refractivity contribution in [1.29, 1.82) is 0 Å². The highest BCUT2D eigenvalue weighted by atomic mass is 32.2. The zero-order chi connectivity index (χ0) is 22.9. The summed E-state index contributed by atoms with van der Waals surface area (Å²) < 4.78 is 32.1. The Balaban J connectivity index is 1.27. The van der Waals surface area contributed by atoms with Gasteiger partial charge in [-0.3, -0.25) is 23.9 Å². The van der Waals surface area contributed by atoms with Gasteiger partial charge in [0.2, 0.25) is 11.8 Å². The Morgan fingerprint density at radius 2 is 1.94 bits per heavy atom. The van der Waals surface area contributed by atoms with E-state index in [9.17, 15) is 22.8 Å². The number of carbonyl (C=O) groups excluding carboxylic acids is 3. The number of thioether (sulfide) groups is 1. The molecule has 12 heteroatoms. The largest absolute Gasteiger partial charge is 0.362 e. The number of carbonyl (C=O) groups is 3. The van der Waals surface area contributed by atoms with E-state index in [0.29, 0.717) is 22.1 Å². The molecule has 168 valence electrons. The molecule has 1 unspecified atom stereocenters. The molecule has 32 heavy (non-hydrogen) atoms. The number of hydrogen-bond donors (Lipinski definition) is 2. The van der Waals surface area contributed by atoms with Gasteiger partial charge in [0.05, 0.1) is 18.2 Å². The van der Waals surface area contributed by atoms with Crippen LogP contribution < -0.4 is 5.32 Å². The highest BCUT2D eigenvalue weighted by molar-refractivity contribution is 8.00. The van der Waals surface area contributed by atoms with Crippen LogP contribution in [0.4, 0.5) is 5.69 Å². The van der Waals surface area contributed by atoms with Gasteiger partial charge in [-0.25, -0.2) is 4.31 Å². The Labute approximate surface area is 188 Å². The first-order valence-electron chi connectivity index (χ1n) is 9.77. The lowest BCUT2D eigenvalue weighted by Gasteiger charge is -2.42. The van der Waals surface area contributed by atoms with Crippen molar-refractivity contribution in [3.8, 4) is 0 Å². The van der Waals surface area contributed by atoms with E-state index in [0.717, 1.165) is 4.90 Å². The summed E-state index contributed by atoms with van der Waals surface area (Å²) >= 11 is 1.27. The maximum absolute atomic E-state index is 12.6. The number of fused-ring (bicyclic) bond motifs is 1. The minimum atomic E-state index is -4.60. The van der Waals surface area contributed by atoms with Gasteiger partial charge in [0.25, 0.3) is 5.91 Å². The lowest BCUT2D eigenvalue weighted by molar-refractivity contribution is -0.150. The second kappa shape index (κ2) is 8.88. The van der Waals surface area contributed by atoms with Gasteiger partial charge >= 0.3 is 10.3 Å². The van der Waals surface area contributed by atoms with Crippen LogP contribution in [-0.4, -0.2) is 69.3 Å². The fourth-order valence-electron chi connectivity index (χ4n) is 3.83. The summed E-state index contributed by atoms with van der Waals surface area (Å²) in [6, 6.07) is 10.9. The summed E-state index contributed by atoms with van der Waals surface area (Å²) in [4.78, 5) is 43.0. The molecule has 3 amide bonds. The van der Waals surface area contributed by atoms with Gasteiger partial charge in [-0.05, 0) is 42.8 Å². The van der Waals surface area contributed by atoms with Crippen LogP contribution in [0.15, 0.2) is 53.6 Å². The minimum absolute atomic E-state index is 0.0771. The van der Waals surface area contributed by atoms with E-state index in [1.165, 1.54) is 16.7 Å².